The summed E-state index contributed by atoms with van der Waals surface area (Å²) in [5.41, 5.74) is 4.05. The number of anilines is 4. The molecular formula is C17H16N4. The van der Waals surface area contributed by atoms with Gasteiger partial charge < -0.3 is 10.6 Å². The number of aryl methyl sites for hydroxylation is 1. The normalized spacial score (nSPS) is 10.1. The molecule has 0 aliphatic heterocycles. The molecule has 0 unspecified atom stereocenters. The summed E-state index contributed by atoms with van der Waals surface area (Å²) in [7, 11) is 0. The van der Waals surface area contributed by atoms with Crippen LogP contribution in [0.2, 0.25) is 0 Å². The summed E-state index contributed by atoms with van der Waals surface area (Å²) in [5, 5.41) is 6.61. The smallest absolute Gasteiger partial charge is 0.133 e. The van der Waals surface area contributed by atoms with Gasteiger partial charge in [-0.05, 0) is 43.3 Å². The van der Waals surface area contributed by atoms with Gasteiger partial charge in [0.25, 0.3) is 0 Å². The van der Waals surface area contributed by atoms with Gasteiger partial charge in [-0.25, -0.2) is 9.97 Å². The van der Waals surface area contributed by atoms with Crippen LogP contribution in [0, 0.1) is 6.92 Å². The van der Waals surface area contributed by atoms with Crippen molar-refractivity contribution in [2.75, 3.05) is 10.6 Å². The zero-order valence-corrected chi connectivity index (χ0v) is 11.7. The molecule has 0 radical (unpaired) electrons. The van der Waals surface area contributed by atoms with E-state index >= 15 is 0 Å². The zero-order chi connectivity index (χ0) is 14.5. The molecule has 0 atom stereocenters. The maximum atomic E-state index is 4.19. The van der Waals surface area contributed by atoms with Crippen LogP contribution in [0.15, 0.2) is 67.0 Å². The summed E-state index contributed by atoms with van der Waals surface area (Å²) < 4.78 is 0. The van der Waals surface area contributed by atoms with Crippen LogP contribution in [-0.2, 0) is 0 Å². The first-order valence-corrected chi connectivity index (χ1v) is 6.77. The van der Waals surface area contributed by atoms with Gasteiger partial charge in [-0.15, -0.1) is 0 Å². The molecule has 21 heavy (non-hydrogen) atoms. The highest BCUT2D eigenvalue weighted by atomic mass is 15.0. The first-order chi connectivity index (χ1) is 10.3. The fraction of sp³-hybridized carbons (Fsp3) is 0.0588. The summed E-state index contributed by atoms with van der Waals surface area (Å²) in [6.45, 7) is 1.94. The molecule has 4 heteroatoms. The quantitative estimate of drug-likeness (QED) is 0.747. The van der Waals surface area contributed by atoms with E-state index in [1.54, 1.807) is 6.33 Å². The molecule has 3 aromatic rings. The third kappa shape index (κ3) is 3.57. The van der Waals surface area contributed by atoms with Crippen molar-refractivity contribution in [1.29, 1.82) is 0 Å². The molecule has 1 heterocycles. The van der Waals surface area contributed by atoms with Gasteiger partial charge in [-0.2, -0.15) is 0 Å². The van der Waals surface area contributed by atoms with E-state index in [1.807, 2.05) is 67.6 Å². The van der Waals surface area contributed by atoms with E-state index in [2.05, 4.69) is 20.6 Å². The van der Waals surface area contributed by atoms with Crippen LogP contribution in [-0.4, -0.2) is 9.97 Å². The van der Waals surface area contributed by atoms with Crippen molar-refractivity contribution >= 4 is 22.9 Å². The first kappa shape index (κ1) is 13.1. The lowest BCUT2D eigenvalue weighted by molar-refractivity contribution is 1.10. The van der Waals surface area contributed by atoms with Crippen LogP contribution in [0.1, 0.15) is 5.69 Å². The second kappa shape index (κ2) is 6.05. The predicted octanol–water partition coefficient (Wildman–Crippen LogP) is 4.27. The molecule has 0 amide bonds. The van der Waals surface area contributed by atoms with Gasteiger partial charge in [0.1, 0.15) is 12.1 Å². The minimum absolute atomic E-state index is 0.797. The van der Waals surface area contributed by atoms with E-state index in [4.69, 9.17) is 0 Å². The average Bonchev–Trinajstić information content (AvgIpc) is 2.50. The van der Waals surface area contributed by atoms with Gasteiger partial charge in [0, 0.05) is 28.8 Å². The molecule has 0 saturated heterocycles. The van der Waals surface area contributed by atoms with Crippen molar-refractivity contribution in [2.45, 2.75) is 6.92 Å². The highest BCUT2D eigenvalue weighted by Gasteiger charge is 1.98. The second-order valence-electron chi connectivity index (χ2n) is 4.74. The number of hydrogen-bond donors (Lipinski definition) is 2. The average molecular weight is 276 g/mol. The third-order valence-electron chi connectivity index (χ3n) is 3.02. The lowest BCUT2D eigenvalue weighted by Crippen LogP contribution is -1.95. The lowest BCUT2D eigenvalue weighted by atomic mass is 10.2. The van der Waals surface area contributed by atoms with Crippen LogP contribution in [0.5, 0.6) is 0 Å². The molecule has 0 fully saturated rings. The Hall–Kier alpha value is -2.88. The summed E-state index contributed by atoms with van der Waals surface area (Å²) in [4.78, 5) is 8.27. The van der Waals surface area contributed by atoms with Crippen LogP contribution in [0.25, 0.3) is 0 Å². The summed E-state index contributed by atoms with van der Waals surface area (Å²) in [6, 6.07) is 20.1. The van der Waals surface area contributed by atoms with Crippen molar-refractivity contribution in [3.8, 4) is 0 Å². The van der Waals surface area contributed by atoms with Gasteiger partial charge >= 0.3 is 0 Å². The minimum atomic E-state index is 0.797. The molecule has 0 aliphatic rings. The summed E-state index contributed by atoms with van der Waals surface area (Å²) in [6.07, 6.45) is 1.56. The Morgan fingerprint density at radius 3 is 2.00 bits per heavy atom. The Kier molecular flexibility index (Phi) is 3.78. The summed E-state index contributed by atoms with van der Waals surface area (Å²) in [5.74, 6) is 0.797. The molecule has 0 bridgehead atoms. The largest absolute Gasteiger partial charge is 0.356 e. The van der Waals surface area contributed by atoms with Gasteiger partial charge in [-0.3, -0.25) is 0 Å². The zero-order valence-electron chi connectivity index (χ0n) is 11.7. The van der Waals surface area contributed by atoms with Crippen LogP contribution >= 0.6 is 0 Å². The fourth-order valence-electron chi connectivity index (χ4n) is 2.00. The monoisotopic (exact) mass is 276 g/mol. The number of rotatable bonds is 4. The van der Waals surface area contributed by atoms with E-state index in [-0.39, 0.29) is 0 Å². The number of para-hydroxylation sites is 1. The van der Waals surface area contributed by atoms with Crippen LogP contribution in [0.4, 0.5) is 22.9 Å². The minimum Gasteiger partial charge on any atom is -0.356 e. The highest BCUT2D eigenvalue weighted by molar-refractivity contribution is 5.64. The Morgan fingerprint density at radius 2 is 1.33 bits per heavy atom. The number of nitrogens with zero attached hydrogens (tertiary/aromatic N) is 2. The van der Waals surface area contributed by atoms with E-state index in [0.29, 0.717) is 0 Å². The standard InChI is InChI=1S/C17H16N4/c1-13-11-17(19-12-18-13)21-16-9-7-15(8-10-16)20-14-5-3-2-4-6-14/h2-12,20H,1H3,(H,18,19,21). The number of hydrogen-bond acceptors (Lipinski definition) is 4. The maximum absolute atomic E-state index is 4.19. The fourth-order valence-corrected chi connectivity index (χ4v) is 2.00. The molecular weight excluding hydrogens is 260 g/mol. The van der Waals surface area contributed by atoms with Gasteiger partial charge in [0.15, 0.2) is 0 Å². The molecule has 1 aromatic heterocycles. The highest BCUT2D eigenvalue weighted by Crippen LogP contribution is 2.20. The van der Waals surface area contributed by atoms with Crippen molar-refractivity contribution in [1.82, 2.24) is 9.97 Å². The van der Waals surface area contributed by atoms with Crippen LogP contribution < -0.4 is 10.6 Å². The van der Waals surface area contributed by atoms with Gasteiger partial charge in [0.05, 0.1) is 0 Å². The maximum Gasteiger partial charge on any atom is 0.133 e. The number of benzene rings is 2. The molecule has 3 rings (SSSR count). The van der Waals surface area contributed by atoms with E-state index in [9.17, 15) is 0 Å². The van der Waals surface area contributed by atoms with Crippen molar-refractivity contribution in [2.24, 2.45) is 0 Å². The van der Waals surface area contributed by atoms with E-state index < -0.39 is 0 Å². The second-order valence-corrected chi connectivity index (χ2v) is 4.74. The topological polar surface area (TPSA) is 49.8 Å². The van der Waals surface area contributed by atoms with Crippen molar-refractivity contribution in [3.05, 3.63) is 72.7 Å². The number of aromatic nitrogens is 2. The van der Waals surface area contributed by atoms with Gasteiger partial charge in [0.2, 0.25) is 0 Å². The molecule has 2 N–H and O–H groups in total. The molecule has 0 spiro atoms. The Morgan fingerprint density at radius 1 is 0.714 bits per heavy atom. The van der Waals surface area contributed by atoms with E-state index in [1.165, 1.54) is 0 Å². The van der Waals surface area contributed by atoms with Gasteiger partial charge in [-0.1, -0.05) is 18.2 Å². The SMILES string of the molecule is Cc1cc(Nc2ccc(Nc3ccccc3)cc2)ncn1. The number of nitrogens with one attached hydrogen (secondary N) is 2. The molecule has 104 valence electrons. The first-order valence-electron chi connectivity index (χ1n) is 6.77. The third-order valence-corrected chi connectivity index (χ3v) is 3.02. The van der Waals surface area contributed by atoms with Crippen molar-refractivity contribution in [3.63, 3.8) is 0 Å². The molecule has 0 saturated carbocycles. The van der Waals surface area contributed by atoms with E-state index in [0.717, 1.165) is 28.6 Å². The molecule has 2 aromatic carbocycles. The van der Waals surface area contributed by atoms with Crippen LogP contribution in [0.3, 0.4) is 0 Å². The Labute approximate surface area is 123 Å². The molecule has 0 aliphatic carbocycles. The predicted molar refractivity (Wildman–Crippen MR) is 86.2 cm³/mol. The molecule has 4 nitrogen and oxygen atoms in total. The Balaban J connectivity index is 1.69. The summed E-state index contributed by atoms with van der Waals surface area (Å²) >= 11 is 0. The lowest BCUT2D eigenvalue weighted by Gasteiger charge is -2.09. The Bertz CT molecular complexity index is 708. The van der Waals surface area contributed by atoms with Crippen molar-refractivity contribution < 1.29 is 0 Å².